The number of benzene rings is 1. The van der Waals surface area contributed by atoms with Gasteiger partial charge < -0.3 is 21.1 Å². The number of rotatable bonds is 8. The molecule has 0 saturated carbocycles. The van der Waals surface area contributed by atoms with E-state index in [-0.39, 0.29) is 36.7 Å². The van der Waals surface area contributed by atoms with E-state index in [0.29, 0.717) is 29.0 Å². The lowest BCUT2D eigenvalue weighted by Crippen LogP contribution is -2.46. The summed E-state index contributed by atoms with van der Waals surface area (Å²) in [6.45, 7) is 8.18. The van der Waals surface area contributed by atoms with Crippen LogP contribution < -0.4 is 21.1 Å². The molecule has 1 aromatic carbocycles. The summed E-state index contributed by atoms with van der Waals surface area (Å²) in [7, 11) is 0. The van der Waals surface area contributed by atoms with Gasteiger partial charge in [-0.05, 0) is 30.0 Å². The van der Waals surface area contributed by atoms with Gasteiger partial charge in [0.2, 0.25) is 11.8 Å². The molecule has 4 N–H and O–H groups in total. The Hall–Kier alpha value is -1.50. The van der Waals surface area contributed by atoms with Crippen LogP contribution in [-0.2, 0) is 9.59 Å². The van der Waals surface area contributed by atoms with Crippen molar-refractivity contribution in [2.24, 2.45) is 17.6 Å². The van der Waals surface area contributed by atoms with E-state index in [9.17, 15) is 9.59 Å². The van der Waals surface area contributed by atoms with Crippen LogP contribution >= 0.6 is 24.0 Å². The topological polar surface area (TPSA) is 93.5 Å². The minimum Gasteiger partial charge on any atom is -0.492 e. The zero-order valence-corrected chi connectivity index (χ0v) is 16.5. The van der Waals surface area contributed by atoms with Gasteiger partial charge in [-0.2, -0.15) is 0 Å². The van der Waals surface area contributed by atoms with Gasteiger partial charge in [0.05, 0.1) is 24.2 Å². The summed E-state index contributed by atoms with van der Waals surface area (Å²) < 4.78 is 5.57. The molecule has 0 saturated heterocycles. The molecular weight excluding hydrogens is 365 g/mol. The summed E-state index contributed by atoms with van der Waals surface area (Å²) in [5.41, 5.74) is 6.24. The van der Waals surface area contributed by atoms with Crippen molar-refractivity contribution < 1.29 is 14.3 Å². The molecule has 0 aliphatic rings. The summed E-state index contributed by atoms with van der Waals surface area (Å²) >= 11 is 6.14. The van der Waals surface area contributed by atoms with E-state index in [1.807, 2.05) is 27.7 Å². The Morgan fingerprint density at radius 3 is 2.40 bits per heavy atom. The average Bonchev–Trinajstić information content (AvgIpc) is 2.50. The van der Waals surface area contributed by atoms with Crippen LogP contribution in [-0.4, -0.2) is 31.0 Å². The molecule has 0 bridgehead atoms. The number of carbonyl (C=O) groups excluding carboxylic acids is 2. The molecule has 1 aromatic rings. The maximum absolute atomic E-state index is 11.9. The van der Waals surface area contributed by atoms with E-state index >= 15 is 0 Å². The Kier molecular flexibility index (Phi) is 10.5. The molecule has 6 nitrogen and oxygen atoms in total. The lowest BCUT2D eigenvalue weighted by atomic mass is 10.1. The third kappa shape index (κ3) is 8.43. The third-order valence-electron chi connectivity index (χ3n) is 3.23. The van der Waals surface area contributed by atoms with Gasteiger partial charge in [0, 0.05) is 5.69 Å². The largest absolute Gasteiger partial charge is 0.492 e. The van der Waals surface area contributed by atoms with E-state index in [1.165, 1.54) is 0 Å². The summed E-state index contributed by atoms with van der Waals surface area (Å²) in [5, 5.41) is 5.59. The molecule has 1 atom stereocenters. The maximum atomic E-state index is 11.9. The van der Waals surface area contributed by atoms with Gasteiger partial charge in [-0.25, -0.2) is 0 Å². The predicted octanol–water partition coefficient (Wildman–Crippen LogP) is 2.83. The molecule has 142 valence electrons. The van der Waals surface area contributed by atoms with Gasteiger partial charge in [0.1, 0.15) is 5.75 Å². The van der Waals surface area contributed by atoms with Crippen LogP contribution in [0, 0.1) is 11.8 Å². The molecule has 25 heavy (non-hydrogen) atoms. The standard InChI is InChI=1S/C17H26ClN3O3.ClH/c1-10(2)9-24-14-6-5-12(7-13(14)18)21-15(22)8-20-17(23)16(19)11(3)4;/h5-7,10-11,16H,8-9,19H2,1-4H3,(H,20,23)(H,21,22);1H/t16-;/m0./s1. The molecule has 0 unspecified atom stereocenters. The van der Waals surface area contributed by atoms with E-state index in [0.717, 1.165) is 0 Å². The van der Waals surface area contributed by atoms with Crippen molar-refractivity contribution in [2.45, 2.75) is 33.7 Å². The van der Waals surface area contributed by atoms with Gasteiger partial charge >= 0.3 is 0 Å². The van der Waals surface area contributed by atoms with Crippen LogP contribution in [0.1, 0.15) is 27.7 Å². The van der Waals surface area contributed by atoms with Crippen LogP contribution in [0.25, 0.3) is 0 Å². The number of nitrogens with two attached hydrogens (primary N) is 1. The van der Waals surface area contributed by atoms with Crippen LogP contribution in [0.4, 0.5) is 5.69 Å². The zero-order valence-electron chi connectivity index (χ0n) is 15.0. The number of carbonyl (C=O) groups is 2. The highest BCUT2D eigenvalue weighted by Crippen LogP contribution is 2.28. The quantitative estimate of drug-likeness (QED) is 0.634. The molecule has 0 radical (unpaired) electrons. The average molecular weight is 392 g/mol. The lowest BCUT2D eigenvalue weighted by molar-refractivity contribution is -0.125. The first-order valence-corrected chi connectivity index (χ1v) is 8.34. The van der Waals surface area contributed by atoms with Gasteiger partial charge in [-0.1, -0.05) is 39.3 Å². The second kappa shape index (κ2) is 11.2. The first-order chi connectivity index (χ1) is 11.2. The SMILES string of the molecule is CC(C)COc1ccc(NC(=O)CNC(=O)[C@@H](N)C(C)C)cc1Cl.Cl. The molecule has 8 heteroatoms. The Morgan fingerprint density at radius 1 is 1.24 bits per heavy atom. The first-order valence-electron chi connectivity index (χ1n) is 7.96. The van der Waals surface area contributed by atoms with Crippen molar-refractivity contribution >= 4 is 41.5 Å². The minimum absolute atomic E-state index is 0. The fourth-order valence-electron chi connectivity index (χ4n) is 1.75. The normalized spacial score (nSPS) is 11.7. The van der Waals surface area contributed by atoms with Crippen LogP contribution in [0.15, 0.2) is 18.2 Å². The lowest BCUT2D eigenvalue weighted by Gasteiger charge is -2.15. The number of hydrogen-bond donors (Lipinski definition) is 3. The van der Waals surface area contributed by atoms with Crippen LogP contribution in [0.3, 0.4) is 0 Å². The van der Waals surface area contributed by atoms with E-state index in [1.54, 1.807) is 18.2 Å². The fourth-order valence-corrected chi connectivity index (χ4v) is 1.98. The van der Waals surface area contributed by atoms with Crippen molar-refractivity contribution in [3.8, 4) is 5.75 Å². The second-order valence-electron chi connectivity index (χ2n) is 6.39. The number of anilines is 1. The Balaban J connectivity index is 0.00000576. The highest BCUT2D eigenvalue weighted by atomic mass is 35.5. The van der Waals surface area contributed by atoms with Crippen molar-refractivity contribution in [1.29, 1.82) is 0 Å². The van der Waals surface area contributed by atoms with Crippen molar-refractivity contribution in [3.05, 3.63) is 23.2 Å². The number of amides is 2. The zero-order chi connectivity index (χ0) is 18.3. The van der Waals surface area contributed by atoms with Gasteiger partial charge in [-0.3, -0.25) is 9.59 Å². The minimum atomic E-state index is -0.635. The number of hydrogen-bond acceptors (Lipinski definition) is 4. The van der Waals surface area contributed by atoms with E-state index in [4.69, 9.17) is 22.1 Å². The molecule has 2 amide bonds. The van der Waals surface area contributed by atoms with Gasteiger partial charge in [0.25, 0.3) is 0 Å². The molecule has 0 spiro atoms. The maximum Gasteiger partial charge on any atom is 0.243 e. The van der Waals surface area contributed by atoms with Crippen LogP contribution in [0.2, 0.25) is 5.02 Å². The molecule has 0 heterocycles. The smallest absolute Gasteiger partial charge is 0.243 e. The fraction of sp³-hybridized carbons (Fsp3) is 0.529. The number of nitrogens with one attached hydrogen (secondary N) is 2. The van der Waals surface area contributed by atoms with Crippen LogP contribution in [0.5, 0.6) is 5.75 Å². The molecular formula is C17H27Cl2N3O3. The number of ether oxygens (including phenoxy) is 1. The van der Waals surface area contributed by atoms with Gasteiger partial charge in [0.15, 0.2) is 0 Å². The predicted molar refractivity (Wildman–Crippen MR) is 103 cm³/mol. The molecule has 0 aliphatic carbocycles. The molecule has 0 aliphatic heterocycles. The monoisotopic (exact) mass is 391 g/mol. The Bertz CT molecular complexity index is 580. The summed E-state index contributed by atoms with van der Waals surface area (Å²) in [5.74, 6) is 0.257. The molecule has 0 fully saturated rings. The highest BCUT2D eigenvalue weighted by Gasteiger charge is 2.17. The van der Waals surface area contributed by atoms with E-state index in [2.05, 4.69) is 10.6 Å². The van der Waals surface area contributed by atoms with E-state index < -0.39 is 6.04 Å². The van der Waals surface area contributed by atoms with Crippen molar-refractivity contribution in [1.82, 2.24) is 5.32 Å². The third-order valence-corrected chi connectivity index (χ3v) is 3.53. The number of halogens is 2. The van der Waals surface area contributed by atoms with Gasteiger partial charge in [-0.15, -0.1) is 12.4 Å². The van der Waals surface area contributed by atoms with Crippen molar-refractivity contribution in [3.63, 3.8) is 0 Å². The Labute approximate surface area is 160 Å². The summed E-state index contributed by atoms with van der Waals surface area (Å²) in [6, 6.07) is 4.37. The highest BCUT2D eigenvalue weighted by molar-refractivity contribution is 6.32. The Morgan fingerprint density at radius 2 is 1.88 bits per heavy atom. The molecule has 0 aromatic heterocycles. The second-order valence-corrected chi connectivity index (χ2v) is 6.79. The first kappa shape index (κ1) is 23.5. The summed E-state index contributed by atoms with van der Waals surface area (Å²) in [6.07, 6.45) is 0. The summed E-state index contributed by atoms with van der Waals surface area (Å²) in [4.78, 5) is 23.6. The molecule has 1 rings (SSSR count). The van der Waals surface area contributed by atoms with Crippen molar-refractivity contribution in [2.75, 3.05) is 18.5 Å².